The van der Waals surface area contributed by atoms with Crippen LogP contribution >= 0.6 is 23.2 Å². The van der Waals surface area contributed by atoms with E-state index in [1.54, 1.807) is 0 Å². The van der Waals surface area contributed by atoms with Crippen LogP contribution < -0.4 is 0 Å². The molecular formula is C5H8Cl2O. The van der Waals surface area contributed by atoms with E-state index >= 15 is 0 Å². The molecule has 48 valence electrons. The maximum absolute atomic E-state index is 8.47. The molecule has 0 aromatic carbocycles. The molecule has 0 rings (SSSR count). The molecule has 0 aliphatic carbocycles. The SMILES string of the molecule is CCCC(Cl)=C(O)Cl. The second-order valence-corrected chi connectivity index (χ2v) is 2.26. The van der Waals surface area contributed by atoms with E-state index in [0.717, 1.165) is 6.42 Å². The van der Waals surface area contributed by atoms with Gasteiger partial charge in [-0.25, -0.2) is 0 Å². The maximum Gasteiger partial charge on any atom is 0.199 e. The fraction of sp³-hybridized carbons (Fsp3) is 0.600. The van der Waals surface area contributed by atoms with Crippen LogP contribution in [0, 0.1) is 0 Å². The summed E-state index contributed by atoms with van der Waals surface area (Å²) in [5.74, 6) is 0. The largest absolute Gasteiger partial charge is 0.498 e. The van der Waals surface area contributed by atoms with Crippen LogP contribution in [0.25, 0.3) is 0 Å². The van der Waals surface area contributed by atoms with E-state index in [4.69, 9.17) is 28.3 Å². The van der Waals surface area contributed by atoms with Gasteiger partial charge >= 0.3 is 0 Å². The molecule has 0 aromatic rings. The summed E-state index contributed by atoms with van der Waals surface area (Å²) >= 11 is 10.5. The summed E-state index contributed by atoms with van der Waals surface area (Å²) in [6.45, 7) is 1.96. The summed E-state index contributed by atoms with van der Waals surface area (Å²) in [5.41, 5.74) is 0. The second-order valence-electron chi connectivity index (χ2n) is 1.45. The number of aliphatic hydroxyl groups excluding tert-OH is 1. The van der Waals surface area contributed by atoms with Crippen molar-refractivity contribution in [3.8, 4) is 0 Å². The Hall–Kier alpha value is 0.120. The molecule has 8 heavy (non-hydrogen) atoms. The lowest BCUT2D eigenvalue weighted by molar-refractivity contribution is 0.447. The van der Waals surface area contributed by atoms with E-state index in [1.165, 1.54) is 0 Å². The Morgan fingerprint density at radius 1 is 1.50 bits per heavy atom. The van der Waals surface area contributed by atoms with Gasteiger partial charge in [-0.05, 0) is 18.0 Å². The number of aliphatic hydroxyl groups is 1. The summed E-state index contributed by atoms with van der Waals surface area (Å²) < 4.78 is 0. The molecule has 0 fully saturated rings. The van der Waals surface area contributed by atoms with Crippen molar-refractivity contribution in [1.82, 2.24) is 0 Å². The van der Waals surface area contributed by atoms with Crippen molar-refractivity contribution in [3.63, 3.8) is 0 Å². The lowest BCUT2D eigenvalue weighted by atomic mass is 10.3. The fourth-order valence-electron chi connectivity index (χ4n) is 0.323. The van der Waals surface area contributed by atoms with E-state index in [2.05, 4.69) is 0 Å². The second kappa shape index (κ2) is 4.04. The molecule has 0 saturated heterocycles. The highest BCUT2D eigenvalue weighted by Crippen LogP contribution is 2.15. The molecule has 0 aliphatic rings. The maximum atomic E-state index is 8.47. The van der Waals surface area contributed by atoms with Crippen molar-refractivity contribution in [3.05, 3.63) is 10.3 Å². The first-order valence-electron chi connectivity index (χ1n) is 2.41. The van der Waals surface area contributed by atoms with Crippen molar-refractivity contribution in [1.29, 1.82) is 0 Å². The molecule has 0 heterocycles. The van der Waals surface area contributed by atoms with Crippen molar-refractivity contribution in [2.75, 3.05) is 0 Å². The van der Waals surface area contributed by atoms with Crippen LogP contribution in [0.1, 0.15) is 19.8 Å². The molecule has 0 aliphatic heterocycles. The third kappa shape index (κ3) is 3.16. The van der Waals surface area contributed by atoms with Gasteiger partial charge < -0.3 is 5.11 Å². The van der Waals surface area contributed by atoms with E-state index in [0.29, 0.717) is 11.5 Å². The van der Waals surface area contributed by atoms with Gasteiger partial charge in [0.1, 0.15) is 0 Å². The number of halogens is 2. The molecule has 0 saturated carbocycles. The fourth-order valence-corrected chi connectivity index (χ4v) is 0.606. The Labute approximate surface area is 58.9 Å². The normalized spacial score (nSPS) is 13.4. The van der Waals surface area contributed by atoms with Crippen molar-refractivity contribution >= 4 is 23.2 Å². The Kier molecular flexibility index (Phi) is 4.11. The molecule has 0 aromatic heterocycles. The molecule has 1 N–H and O–H groups in total. The predicted molar refractivity (Wildman–Crippen MR) is 36.3 cm³/mol. The van der Waals surface area contributed by atoms with E-state index in [9.17, 15) is 0 Å². The number of hydrogen-bond donors (Lipinski definition) is 1. The number of rotatable bonds is 2. The van der Waals surface area contributed by atoms with Gasteiger partial charge in [0, 0.05) is 0 Å². The first-order valence-corrected chi connectivity index (χ1v) is 3.17. The third-order valence-corrected chi connectivity index (χ3v) is 1.39. The standard InChI is InChI=1S/C5H8Cl2O/c1-2-3-4(6)5(7)8/h8H,2-3H2,1H3. The van der Waals surface area contributed by atoms with Gasteiger partial charge in [-0.3, -0.25) is 0 Å². The highest BCUT2D eigenvalue weighted by Gasteiger charge is 1.95. The van der Waals surface area contributed by atoms with E-state index in [-0.39, 0.29) is 5.22 Å². The number of allylic oxidation sites excluding steroid dienone is 1. The Morgan fingerprint density at radius 3 is 2.12 bits per heavy atom. The van der Waals surface area contributed by atoms with E-state index in [1.807, 2.05) is 6.92 Å². The molecular weight excluding hydrogens is 147 g/mol. The van der Waals surface area contributed by atoms with Crippen LogP contribution in [-0.4, -0.2) is 5.11 Å². The van der Waals surface area contributed by atoms with Gasteiger partial charge in [0.2, 0.25) is 0 Å². The first kappa shape index (κ1) is 8.12. The molecule has 0 spiro atoms. The van der Waals surface area contributed by atoms with Crippen molar-refractivity contribution in [2.24, 2.45) is 0 Å². The molecule has 3 heteroatoms. The van der Waals surface area contributed by atoms with Crippen LogP contribution in [0.15, 0.2) is 10.3 Å². The molecule has 0 amide bonds. The predicted octanol–water partition coefficient (Wildman–Crippen LogP) is 2.99. The summed E-state index contributed by atoms with van der Waals surface area (Å²) in [7, 11) is 0. The smallest absolute Gasteiger partial charge is 0.199 e. The molecule has 0 radical (unpaired) electrons. The summed E-state index contributed by atoms with van der Waals surface area (Å²) in [5, 5.41) is 8.52. The zero-order valence-corrected chi connectivity index (χ0v) is 6.13. The highest BCUT2D eigenvalue weighted by molar-refractivity contribution is 6.38. The monoisotopic (exact) mass is 154 g/mol. The van der Waals surface area contributed by atoms with Crippen molar-refractivity contribution < 1.29 is 5.11 Å². The van der Waals surface area contributed by atoms with Crippen LogP contribution in [-0.2, 0) is 0 Å². The zero-order chi connectivity index (χ0) is 6.57. The first-order chi connectivity index (χ1) is 3.68. The summed E-state index contributed by atoms with van der Waals surface area (Å²) in [6, 6.07) is 0. The van der Waals surface area contributed by atoms with Crippen LogP contribution in [0.3, 0.4) is 0 Å². The average molecular weight is 155 g/mol. The van der Waals surface area contributed by atoms with Gasteiger partial charge in [-0.2, -0.15) is 0 Å². The summed E-state index contributed by atoms with van der Waals surface area (Å²) in [6.07, 6.45) is 1.55. The van der Waals surface area contributed by atoms with Crippen LogP contribution in [0.2, 0.25) is 0 Å². The van der Waals surface area contributed by atoms with E-state index < -0.39 is 0 Å². The zero-order valence-electron chi connectivity index (χ0n) is 4.62. The average Bonchev–Trinajstić information content (AvgIpc) is 1.67. The molecule has 1 nitrogen and oxygen atoms in total. The lowest BCUT2D eigenvalue weighted by Gasteiger charge is -1.91. The van der Waals surface area contributed by atoms with Crippen molar-refractivity contribution in [2.45, 2.75) is 19.8 Å². The third-order valence-electron chi connectivity index (χ3n) is 0.693. The van der Waals surface area contributed by atoms with Gasteiger partial charge in [0.05, 0.1) is 5.03 Å². The highest BCUT2D eigenvalue weighted by atomic mass is 35.5. The van der Waals surface area contributed by atoms with Gasteiger partial charge in [-0.1, -0.05) is 24.9 Å². The number of hydrogen-bond acceptors (Lipinski definition) is 1. The Morgan fingerprint density at radius 2 is 2.00 bits per heavy atom. The molecule has 0 unspecified atom stereocenters. The van der Waals surface area contributed by atoms with Gasteiger partial charge in [0.25, 0.3) is 0 Å². The summed E-state index contributed by atoms with van der Waals surface area (Å²) in [4.78, 5) is 0. The van der Waals surface area contributed by atoms with Gasteiger partial charge in [0.15, 0.2) is 5.22 Å². The minimum Gasteiger partial charge on any atom is -0.498 e. The molecule has 0 bridgehead atoms. The quantitative estimate of drug-likeness (QED) is 0.607. The van der Waals surface area contributed by atoms with Crippen LogP contribution in [0.4, 0.5) is 0 Å². The Bertz CT molecular complexity index is 94.6. The Balaban J connectivity index is 3.62. The lowest BCUT2D eigenvalue weighted by Crippen LogP contribution is -1.74. The molecule has 0 atom stereocenters. The van der Waals surface area contributed by atoms with Crippen LogP contribution in [0.5, 0.6) is 0 Å². The minimum atomic E-state index is -0.284. The topological polar surface area (TPSA) is 20.2 Å². The van der Waals surface area contributed by atoms with Gasteiger partial charge in [-0.15, -0.1) is 0 Å². The minimum absolute atomic E-state index is 0.284.